The van der Waals surface area contributed by atoms with Gasteiger partial charge in [-0.2, -0.15) is 0 Å². The molecule has 0 aliphatic carbocycles. The lowest BCUT2D eigenvalue weighted by Gasteiger charge is -2.26. The smallest absolute Gasteiger partial charge is 0.344 e. The number of hydrogen-bond acceptors (Lipinski definition) is 6. The molecular weight excluding hydrogens is 386 g/mol. The van der Waals surface area contributed by atoms with Gasteiger partial charge in [-0.15, -0.1) is 0 Å². The van der Waals surface area contributed by atoms with Gasteiger partial charge in [-0.1, -0.05) is 23.7 Å². The van der Waals surface area contributed by atoms with E-state index in [4.69, 9.17) is 30.5 Å². The second kappa shape index (κ2) is 9.32. The average molecular weight is 406 g/mol. The molecule has 1 atom stereocenters. The van der Waals surface area contributed by atoms with E-state index in [0.717, 1.165) is 5.56 Å². The Kier molecular flexibility index (Phi) is 6.60. The zero-order valence-corrected chi connectivity index (χ0v) is 16.0. The van der Waals surface area contributed by atoms with Gasteiger partial charge in [-0.3, -0.25) is 4.79 Å². The van der Waals surface area contributed by atoms with E-state index in [1.54, 1.807) is 24.3 Å². The first kappa shape index (κ1) is 19.8. The van der Waals surface area contributed by atoms with Crippen LogP contribution in [0.15, 0.2) is 42.5 Å². The Labute approximate surface area is 167 Å². The normalized spacial score (nSPS) is 14.9. The van der Waals surface area contributed by atoms with Gasteiger partial charge in [0.1, 0.15) is 18.5 Å². The number of aryl methyl sites for hydroxylation is 1. The number of rotatable bonds is 7. The van der Waals surface area contributed by atoms with Crippen molar-refractivity contribution in [3.63, 3.8) is 0 Å². The van der Waals surface area contributed by atoms with Crippen LogP contribution in [0.2, 0.25) is 5.02 Å². The summed E-state index contributed by atoms with van der Waals surface area (Å²) in [6.07, 6.45) is -0.314. The maximum absolute atomic E-state index is 11.9. The zero-order valence-electron chi connectivity index (χ0n) is 15.3. The van der Waals surface area contributed by atoms with Gasteiger partial charge in [0.05, 0.1) is 6.54 Å². The fraction of sp³-hybridized carbons (Fsp3) is 0.300. The van der Waals surface area contributed by atoms with Gasteiger partial charge in [0, 0.05) is 5.02 Å². The number of nitrogens with one attached hydrogen (secondary N) is 1. The Morgan fingerprint density at radius 2 is 1.96 bits per heavy atom. The Hall–Kier alpha value is -2.93. The van der Waals surface area contributed by atoms with Crippen molar-refractivity contribution in [3.05, 3.63) is 53.1 Å². The predicted molar refractivity (Wildman–Crippen MR) is 102 cm³/mol. The van der Waals surface area contributed by atoms with Gasteiger partial charge < -0.3 is 24.3 Å². The number of hydrogen-bond donors (Lipinski definition) is 1. The van der Waals surface area contributed by atoms with Gasteiger partial charge in [0.2, 0.25) is 0 Å². The van der Waals surface area contributed by atoms with Crippen LogP contribution in [0.3, 0.4) is 0 Å². The van der Waals surface area contributed by atoms with E-state index in [1.807, 2.05) is 25.1 Å². The average Bonchev–Trinajstić information content (AvgIpc) is 2.71. The van der Waals surface area contributed by atoms with E-state index < -0.39 is 18.5 Å². The monoisotopic (exact) mass is 405 g/mol. The molecule has 28 heavy (non-hydrogen) atoms. The molecule has 1 N–H and O–H groups in total. The summed E-state index contributed by atoms with van der Waals surface area (Å²) >= 11 is 5.93. The van der Waals surface area contributed by atoms with Crippen LogP contribution in [0.25, 0.3) is 0 Å². The highest BCUT2D eigenvalue weighted by molar-refractivity contribution is 6.31. The lowest BCUT2D eigenvalue weighted by Crippen LogP contribution is -2.42. The molecule has 8 heteroatoms. The summed E-state index contributed by atoms with van der Waals surface area (Å²) in [5.41, 5.74) is 0.837. The number of amides is 1. The SMILES string of the molecule is Cc1cc(OCC(=O)OCC(=O)NC[C@@H]2COc3ccccc3O2)ccc1Cl. The molecule has 0 radical (unpaired) electrons. The fourth-order valence-corrected chi connectivity index (χ4v) is 2.60. The van der Waals surface area contributed by atoms with Crippen molar-refractivity contribution >= 4 is 23.5 Å². The molecule has 0 spiro atoms. The molecule has 0 bridgehead atoms. The minimum Gasteiger partial charge on any atom is -0.486 e. The summed E-state index contributed by atoms with van der Waals surface area (Å²) in [5.74, 6) is 0.731. The quantitative estimate of drug-likeness (QED) is 0.713. The number of esters is 1. The molecule has 1 heterocycles. The summed E-state index contributed by atoms with van der Waals surface area (Å²) in [4.78, 5) is 23.6. The molecule has 1 aliphatic heterocycles. The van der Waals surface area contributed by atoms with Crippen LogP contribution in [0.1, 0.15) is 5.56 Å². The Morgan fingerprint density at radius 3 is 2.75 bits per heavy atom. The Bertz CT molecular complexity index is 856. The zero-order chi connectivity index (χ0) is 19.9. The van der Waals surface area contributed by atoms with Gasteiger partial charge in [0.25, 0.3) is 5.91 Å². The first-order valence-electron chi connectivity index (χ1n) is 8.71. The van der Waals surface area contributed by atoms with Gasteiger partial charge >= 0.3 is 5.97 Å². The maximum atomic E-state index is 11.9. The van der Waals surface area contributed by atoms with Crippen LogP contribution in [0, 0.1) is 6.92 Å². The minimum absolute atomic E-state index is 0.241. The van der Waals surface area contributed by atoms with E-state index in [9.17, 15) is 9.59 Å². The van der Waals surface area contributed by atoms with Crippen molar-refractivity contribution in [2.45, 2.75) is 13.0 Å². The van der Waals surface area contributed by atoms with Crippen molar-refractivity contribution in [1.29, 1.82) is 0 Å². The van der Waals surface area contributed by atoms with Gasteiger partial charge in [-0.25, -0.2) is 4.79 Å². The highest BCUT2D eigenvalue weighted by atomic mass is 35.5. The summed E-state index contributed by atoms with van der Waals surface area (Å²) in [6.45, 7) is 1.70. The lowest BCUT2D eigenvalue weighted by molar-refractivity contribution is -0.150. The molecule has 7 nitrogen and oxygen atoms in total. The molecule has 3 rings (SSSR count). The van der Waals surface area contributed by atoms with Crippen LogP contribution in [0.4, 0.5) is 0 Å². The summed E-state index contributed by atoms with van der Waals surface area (Å²) < 4.78 is 21.5. The summed E-state index contributed by atoms with van der Waals surface area (Å²) in [7, 11) is 0. The highest BCUT2D eigenvalue weighted by Gasteiger charge is 2.21. The highest BCUT2D eigenvalue weighted by Crippen LogP contribution is 2.30. The molecule has 0 aromatic heterocycles. The van der Waals surface area contributed by atoms with E-state index in [1.165, 1.54) is 0 Å². The fourth-order valence-electron chi connectivity index (χ4n) is 2.48. The number of fused-ring (bicyclic) bond motifs is 1. The van der Waals surface area contributed by atoms with Gasteiger partial charge in [0.15, 0.2) is 24.7 Å². The topological polar surface area (TPSA) is 83.1 Å². The third-order valence-corrected chi connectivity index (χ3v) is 4.37. The molecule has 0 saturated heterocycles. The van der Waals surface area contributed by atoms with Crippen LogP contribution in [-0.4, -0.2) is 44.3 Å². The summed E-state index contributed by atoms with van der Waals surface area (Å²) in [5, 5.41) is 3.26. The Balaban J connectivity index is 1.34. The standard InChI is InChI=1S/C20H20ClNO6/c1-13-8-14(6-7-16(13)21)25-12-20(24)27-11-19(23)22-9-15-10-26-17-4-2-3-5-18(17)28-15/h2-8,15H,9-12H2,1H3,(H,22,23)/t15-/m1/s1. The number of carbonyl (C=O) groups is 2. The number of benzene rings is 2. The van der Waals surface area contributed by atoms with E-state index in [0.29, 0.717) is 28.9 Å². The van der Waals surface area contributed by atoms with Crippen LogP contribution >= 0.6 is 11.6 Å². The van der Waals surface area contributed by atoms with Crippen molar-refractivity contribution in [2.24, 2.45) is 0 Å². The van der Waals surface area contributed by atoms with E-state index in [2.05, 4.69) is 5.32 Å². The number of para-hydroxylation sites is 2. The Morgan fingerprint density at radius 1 is 1.18 bits per heavy atom. The minimum atomic E-state index is -0.645. The third kappa shape index (κ3) is 5.53. The maximum Gasteiger partial charge on any atom is 0.344 e. The van der Waals surface area contributed by atoms with Gasteiger partial charge in [-0.05, 0) is 42.8 Å². The summed E-state index contributed by atoms with van der Waals surface area (Å²) in [6, 6.07) is 12.4. The molecular formula is C20H20ClNO6. The second-order valence-corrected chi connectivity index (χ2v) is 6.57. The molecule has 2 aromatic carbocycles. The van der Waals surface area contributed by atoms with Crippen LogP contribution in [-0.2, 0) is 14.3 Å². The third-order valence-electron chi connectivity index (χ3n) is 3.94. The van der Waals surface area contributed by atoms with Crippen molar-refractivity contribution in [3.8, 4) is 17.2 Å². The lowest BCUT2D eigenvalue weighted by atomic mass is 10.2. The second-order valence-electron chi connectivity index (χ2n) is 6.16. The van der Waals surface area contributed by atoms with E-state index in [-0.39, 0.29) is 19.3 Å². The molecule has 1 amide bonds. The van der Waals surface area contributed by atoms with Crippen LogP contribution in [0.5, 0.6) is 17.2 Å². The van der Waals surface area contributed by atoms with Crippen molar-refractivity contribution < 1.29 is 28.5 Å². The molecule has 2 aromatic rings. The molecule has 0 saturated carbocycles. The molecule has 0 unspecified atom stereocenters. The number of ether oxygens (including phenoxy) is 4. The first-order valence-corrected chi connectivity index (χ1v) is 9.09. The largest absolute Gasteiger partial charge is 0.486 e. The van der Waals surface area contributed by atoms with Crippen molar-refractivity contribution in [2.75, 3.05) is 26.4 Å². The molecule has 148 valence electrons. The van der Waals surface area contributed by atoms with E-state index >= 15 is 0 Å². The predicted octanol–water partition coefficient (Wildman–Crippen LogP) is 2.53. The first-order chi connectivity index (χ1) is 13.5. The molecule has 0 fully saturated rings. The van der Waals surface area contributed by atoms with Crippen molar-refractivity contribution in [1.82, 2.24) is 5.32 Å². The number of halogens is 1. The molecule has 1 aliphatic rings. The number of carbonyl (C=O) groups excluding carboxylic acids is 2. The van der Waals surface area contributed by atoms with Crippen LogP contribution < -0.4 is 19.5 Å².